The average Bonchev–Trinajstić information content (AvgIpc) is 3.29. The fraction of sp³-hybridized carbons (Fsp3) is 0.190. The number of fused-ring (bicyclic) bond motifs is 1. The second kappa shape index (κ2) is 10.3. The van der Waals surface area contributed by atoms with Gasteiger partial charge in [0.1, 0.15) is 17.0 Å². The van der Waals surface area contributed by atoms with Gasteiger partial charge in [0.15, 0.2) is 11.5 Å². The molecule has 0 aliphatic carbocycles. The van der Waals surface area contributed by atoms with Crippen LogP contribution < -0.4 is 10.1 Å². The number of nitrogens with zero attached hydrogens (tertiary/aromatic N) is 4. The number of hydrogen-bond acceptors (Lipinski definition) is 8. The molecular formula is C21H18ClFN6O4. The van der Waals surface area contributed by atoms with E-state index in [1.807, 2.05) is 0 Å². The standard InChI is InChI=1S/C21H18ClFN6O4/c22-15-4-2-1-3-13(15)18-27-19-14(10-25-29-19)21(28-18)33-16(11-32-8-7-30)20(31)26-17-6-5-12(23)9-24-17/h1-6,9-10,16,30H,7-8,11H2,(H,24,26,31)(H,25,27,28,29)/t16-/m1/s1. The molecule has 4 rings (SSSR count). The second-order valence-corrected chi connectivity index (χ2v) is 7.13. The van der Waals surface area contributed by atoms with E-state index in [0.29, 0.717) is 21.6 Å². The highest BCUT2D eigenvalue weighted by atomic mass is 35.5. The number of anilines is 1. The van der Waals surface area contributed by atoms with Gasteiger partial charge in [-0.15, -0.1) is 0 Å². The van der Waals surface area contributed by atoms with Gasteiger partial charge in [-0.2, -0.15) is 10.1 Å². The Balaban J connectivity index is 1.65. The smallest absolute Gasteiger partial charge is 0.269 e. The Morgan fingerprint density at radius 2 is 2.06 bits per heavy atom. The maximum Gasteiger partial charge on any atom is 0.269 e. The molecule has 0 radical (unpaired) electrons. The number of H-pyrrole nitrogens is 1. The Bertz CT molecular complexity index is 1250. The number of ether oxygens (including phenoxy) is 2. The van der Waals surface area contributed by atoms with Crippen LogP contribution in [0.4, 0.5) is 10.2 Å². The molecule has 1 atom stereocenters. The van der Waals surface area contributed by atoms with Crippen LogP contribution in [0.2, 0.25) is 5.02 Å². The van der Waals surface area contributed by atoms with Gasteiger partial charge < -0.3 is 19.9 Å². The Hall–Kier alpha value is -3.67. The number of benzene rings is 1. The molecule has 12 heteroatoms. The first kappa shape index (κ1) is 22.5. The first-order chi connectivity index (χ1) is 16.0. The topological polar surface area (TPSA) is 135 Å². The summed E-state index contributed by atoms with van der Waals surface area (Å²) in [5, 5.41) is 19.2. The van der Waals surface area contributed by atoms with Crippen molar-refractivity contribution in [3.8, 4) is 17.3 Å². The van der Waals surface area contributed by atoms with Crippen LogP contribution in [0.3, 0.4) is 0 Å². The predicted molar refractivity (Wildman–Crippen MR) is 117 cm³/mol. The van der Waals surface area contributed by atoms with Gasteiger partial charge in [-0.25, -0.2) is 14.4 Å². The summed E-state index contributed by atoms with van der Waals surface area (Å²) in [6.45, 7) is -0.430. The minimum Gasteiger partial charge on any atom is -0.461 e. The molecular weight excluding hydrogens is 455 g/mol. The monoisotopic (exact) mass is 472 g/mol. The number of carbonyl (C=O) groups excluding carboxylic acids is 1. The Morgan fingerprint density at radius 3 is 2.82 bits per heavy atom. The molecule has 3 aromatic heterocycles. The molecule has 33 heavy (non-hydrogen) atoms. The molecule has 0 unspecified atom stereocenters. The Kier molecular flexibility index (Phi) is 7.03. The molecule has 0 aliphatic heterocycles. The Morgan fingerprint density at radius 1 is 1.21 bits per heavy atom. The average molecular weight is 473 g/mol. The molecule has 0 bridgehead atoms. The second-order valence-electron chi connectivity index (χ2n) is 6.72. The van der Waals surface area contributed by atoms with Gasteiger partial charge in [-0.05, 0) is 24.3 Å². The van der Waals surface area contributed by atoms with E-state index in [4.69, 9.17) is 26.2 Å². The van der Waals surface area contributed by atoms with Gasteiger partial charge in [0, 0.05) is 5.56 Å². The number of halogens is 2. The summed E-state index contributed by atoms with van der Waals surface area (Å²) in [5.74, 6) is -0.680. The number of aliphatic hydroxyl groups is 1. The van der Waals surface area contributed by atoms with Gasteiger partial charge in [0.25, 0.3) is 5.91 Å². The third-order valence-corrected chi connectivity index (χ3v) is 4.75. The first-order valence-corrected chi connectivity index (χ1v) is 10.2. The number of pyridine rings is 1. The van der Waals surface area contributed by atoms with Crippen LogP contribution in [0.25, 0.3) is 22.4 Å². The summed E-state index contributed by atoms with van der Waals surface area (Å²) >= 11 is 6.29. The number of carbonyl (C=O) groups is 1. The van der Waals surface area contributed by atoms with Crippen molar-refractivity contribution in [3.05, 3.63) is 59.6 Å². The number of amides is 1. The lowest BCUT2D eigenvalue weighted by atomic mass is 10.2. The fourth-order valence-electron chi connectivity index (χ4n) is 2.87. The first-order valence-electron chi connectivity index (χ1n) is 9.79. The number of nitrogens with one attached hydrogen (secondary N) is 2. The van der Waals surface area contributed by atoms with E-state index in [0.717, 1.165) is 12.3 Å². The molecule has 0 saturated heterocycles. The third kappa shape index (κ3) is 5.40. The van der Waals surface area contributed by atoms with E-state index in [9.17, 15) is 9.18 Å². The summed E-state index contributed by atoms with van der Waals surface area (Å²) in [6.07, 6.45) is 1.25. The van der Waals surface area contributed by atoms with Crippen molar-refractivity contribution >= 4 is 34.4 Å². The van der Waals surface area contributed by atoms with Crippen molar-refractivity contribution < 1.29 is 23.8 Å². The lowest BCUT2D eigenvalue weighted by molar-refractivity contribution is -0.125. The lowest BCUT2D eigenvalue weighted by Gasteiger charge is -2.18. The minimum atomic E-state index is -1.18. The van der Waals surface area contributed by atoms with Crippen LogP contribution in [-0.2, 0) is 9.53 Å². The largest absolute Gasteiger partial charge is 0.461 e. The van der Waals surface area contributed by atoms with E-state index in [2.05, 4.69) is 30.5 Å². The molecule has 0 fully saturated rings. The van der Waals surface area contributed by atoms with Gasteiger partial charge in [0.2, 0.25) is 12.0 Å². The maximum absolute atomic E-state index is 13.1. The molecule has 170 valence electrons. The lowest BCUT2D eigenvalue weighted by Crippen LogP contribution is -2.37. The Labute approximate surface area is 191 Å². The van der Waals surface area contributed by atoms with Crippen LogP contribution in [0, 0.1) is 5.82 Å². The highest BCUT2D eigenvalue weighted by molar-refractivity contribution is 6.33. The summed E-state index contributed by atoms with van der Waals surface area (Å²) in [5.41, 5.74) is 0.944. The molecule has 0 aliphatic rings. The summed E-state index contributed by atoms with van der Waals surface area (Å²) in [6, 6.07) is 9.49. The number of aliphatic hydroxyl groups excluding tert-OH is 1. The normalized spacial score (nSPS) is 12.0. The van der Waals surface area contributed by atoms with Crippen molar-refractivity contribution in [2.45, 2.75) is 6.10 Å². The van der Waals surface area contributed by atoms with E-state index in [1.54, 1.807) is 24.3 Å². The SMILES string of the molecule is O=C(Nc1ccc(F)cn1)[C@@H](COCCO)Oc1nc(-c2ccccc2Cl)nc2[nH]ncc12. The van der Waals surface area contributed by atoms with Crippen LogP contribution in [0.5, 0.6) is 5.88 Å². The zero-order chi connectivity index (χ0) is 23.2. The molecule has 1 amide bonds. The number of hydrogen-bond donors (Lipinski definition) is 3. The van der Waals surface area contributed by atoms with Gasteiger partial charge in [-0.1, -0.05) is 23.7 Å². The van der Waals surface area contributed by atoms with Gasteiger partial charge >= 0.3 is 0 Å². The number of aromatic amines is 1. The quantitative estimate of drug-likeness (QED) is 0.316. The third-order valence-electron chi connectivity index (χ3n) is 4.42. The van der Waals surface area contributed by atoms with Crippen LogP contribution >= 0.6 is 11.6 Å². The molecule has 3 N–H and O–H groups in total. The van der Waals surface area contributed by atoms with Crippen molar-refractivity contribution in [2.75, 3.05) is 25.1 Å². The zero-order valence-corrected chi connectivity index (χ0v) is 17.8. The highest BCUT2D eigenvalue weighted by Crippen LogP contribution is 2.30. The van der Waals surface area contributed by atoms with Crippen molar-refractivity contribution in [1.82, 2.24) is 25.1 Å². The molecule has 3 heterocycles. The van der Waals surface area contributed by atoms with Gasteiger partial charge in [0.05, 0.1) is 37.2 Å². The molecule has 4 aromatic rings. The van der Waals surface area contributed by atoms with Crippen LogP contribution in [0.15, 0.2) is 48.8 Å². The number of rotatable bonds is 9. The van der Waals surface area contributed by atoms with E-state index < -0.39 is 17.8 Å². The molecule has 0 spiro atoms. The van der Waals surface area contributed by atoms with E-state index in [1.165, 1.54) is 12.3 Å². The number of aromatic nitrogens is 5. The summed E-state index contributed by atoms with van der Waals surface area (Å²) in [7, 11) is 0. The molecule has 1 aromatic carbocycles. The van der Waals surface area contributed by atoms with E-state index in [-0.39, 0.29) is 37.3 Å². The van der Waals surface area contributed by atoms with Crippen molar-refractivity contribution in [3.63, 3.8) is 0 Å². The predicted octanol–water partition coefficient (Wildman–Crippen LogP) is 2.60. The van der Waals surface area contributed by atoms with Crippen molar-refractivity contribution in [2.24, 2.45) is 0 Å². The molecule has 0 saturated carbocycles. The van der Waals surface area contributed by atoms with Crippen LogP contribution in [-0.4, -0.2) is 62.1 Å². The van der Waals surface area contributed by atoms with Gasteiger partial charge in [-0.3, -0.25) is 9.89 Å². The zero-order valence-electron chi connectivity index (χ0n) is 17.0. The molecule has 10 nitrogen and oxygen atoms in total. The fourth-order valence-corrected chi connectivity index (χ4v) is 3.09. The van der Waals surface area contributed by atoms with Crippen LogP contribution in [0.1, 0.15) is 0 Å². The maximum atomic E-state index is 13.1. The summed E-state index contributed by atoms with van der Waals surface area (Å²) < 4.78 is 24.4. The summed E-state index contributed by atoms with van der Waals surface area (Å²) in [4.78, 5) is 25.6. The highest BCUT2D eigenvalue weighted by Gasteiger charge is 2.25. The minimum absolute atomic E-state index is 0.00228. The van der Waals surface area contributed by atoms with E-state index >= 15 is 0 Å². The van der Waals surface area contributed by atoms with Crippen molar-refractivity contribution in [1.29, 1.82) is 0 Å².